The summed E-state index contributed by atoms with van der Waals surface area (Å²) in [5, 5.41) is 8.60. The van der Waals surface area contributed by atoms with Gasteiger partial charge < -0.3 is 21.1 Å². The number of para-hydroxylation sites is 1. The number of hydrogen-bond donors (Lipinski definition) is 3. The molecule has 9 heteroatoms. The third kappa shape index (κ3) is 4.68. The van der Waals surface area contributed by atoms with Crippen LogP contribution in [0.15, 0.2) is 30.6 Å². The normalized spacial score (nSPS) is 10.1. The van der Waals surface area contributed by atoms with Crippen molar-refractivity contribution >= 4 is 46.2 Å². The van der Waals surface area contributed by atoms with Crippen LogP contribution < -0.4 is 11.5 Å². The summed E-state index contributed by atoms with van der Waals surface area (Å²) in [6, 6.07) is 7.75. The summed E-state index contributed by atoms with van der Waals surface area (Å²) in [4.78, 5) is 29.5. The van der Waals surface area contributed by atoms with Crippen LogP contribution in [-0.2, 0) is 11.3 Å². The van der Waals surface area contributed by atoms with Crippen LogP contribution in [0.5, 0.6) is 0 Å². The van der Waals surface area contributed by atoms with Crippen LogP contribution >= 0.6 is 12.4 Å². The molecular formula is C17H22ClN5O3. The number of benzene rings is 1. The lowest BCUT2D eigenvalue weighted by Crippen LogP contribution is -2.14. The van der Waals surface area contributed by atoms with Crippen LogP contribution in [-0.4, -0.2) is 38.1 Å². The molecular weight excluding hydrogens is 358 g/mol. The van der Waals surface area contributed by atoms with E-state index in [-0.39, 0.29) is 24.6 Å². The molecule has 26 heavy (non-hydrogen) atoms. The zero-order valence-electron chi connectivity index (χ0n) is 14.4. The molecule has 0 radical (unpaired) electrons. The van der Waals surface area contributed by atoms with Crippen LogP contribution in [0.25, 0.3) is 21.9 Å². The fourth-order valence-corrected chi connectivity index (χ4v) is 2.45. The van der Waals surface area contributed by atoms with Gasteiger partial charge in [-0.15, -0.1) is 12.4 Å². The van der Waals surface area contributed by atoms with E-state index in [1.54, 1.807) is 6.33 Å². The van der Waals surface area contributed by atoms with Gasteiger partial charge in [0.05, 0.1) is 23.9 Å². The fourth-order valence-electron chi connectivity index (χ4n) is 2.45. The van der Waals surface area contributed by atoms with E-state index >= 15 is 0 Å². The number of carbonyl (C=O) groups excluding carboxylic acids is 1. The second-order valence-electron chi connectivity index (χ2n) is 5.43. The van der Waals surface area contributed by atoms with E-state index in [1.807, 2.05) is 24.3 Å². The van der Waals surface area contributed by atoms with Gasteiger partial charge in [-0.1, -0.05) is 31.5 Å². The SMILES string of the molecule is CCCCn1cnc2c(C(N)=O)nc3ccccc3c21.Cl.NCC(=O)O. The number of pyridine rings is 1. The summed E-state index contributed by atoms with van der Waals surface area (Å²) in [6.45, 7) is 2.74. The molecule has 0 aliphatic rings. The molecule has 2 heterocycles. The summed E-state index contributed by atoms with van der Waals surface area (Å²) in [7, 11) is 0. The highest BCUT2D eigenvalue weighted by atomic mass is 35.5. The number of fused-ring (bicyclic) bond motifs is 3. The highest BCUT2D eigenvalue weighted by molar-refractivity contribution is 6.11. The van der Waals surface area contributed by atoms with Gasteiger partial charge in [0.25, 0.3) is 5.91 Å². The van der Waals surface area contributed by atoms with Crippen molar-refractivity contribution in [2.24, 2.45) is 11.5 Å². The first-order chi connectivity index (χ1) is 12.0. The molecule has 8 nitrogen and oxygen atoms in total. The zero-order chi connectivity index (χ0) is 18.4. The summed E-state index contributed by atoms with van der Waals surface area (Å²) < 4.78 is 2.08. The summed E-state index contributed by atoms with van der Waals surface area (Å²) in [5.41, 5.74) is 12.5. The second-order valence-corrected chi connectivity index (χ2v) is 5.43. The third-order valence-corrected chi connectivity index (χ3v) is 3.61. The quantitative estimate of drug-likeness (QED) is 0.619. The summed E-state index contributed by atoms with van der Waals surface area (Å²) in [6.07, 6.45) is 3.93. The number of imidazole rings is 1. The first kappa shape index (κ1) is 21.3. The Morgan fingerprint density at radius 2 is 1.92 bits per heavy atom. The number of carbonyl (C=O) groups is 2. The number of nitrogens with zero attached hydrogens (tertiary/aromatic N) is 3. The van der Waals surface area contributed by atoms with Gasteiger partial charge in [0.15, 0.2) is 5.69 Å². The van der Waals surface area contributed by atoms with Gasteiger partial charge in [0.1, 0.15) is 5.52 Å². The molecule has 0 saturated heterocycles. The van der Waals surface area contributed by atoms with Gasteiger partial charge in [-0.3, -0.25) is 9.59 Å². The van der Waals surface area contributed by atoms with Crippen LogP contribution in [0.1, 0.15) is 30.3 Å². The minimum Gasteiger partial charge on any atom is -0.480 e. The smallest absolute Gasteiger partial charge is 0.317 e. The molecule has 1 amide bonds. The lowest BCUT2D eigenvalue weighted by molar-refractivity contribution is -0.135. The van der Waals surface area contributed by atoms with Crippen molar-refractivity contribution in [1.82, 2.24) is 14.5 Å². The maximum absolute atomic E-state index is 11.6. The highest BCUT2D eigenvalue weighted by Crippen LogP contribution is 2.25. The van der Waals surface area contributed by atoms with Crippen molar-refractivity contribution in [1.29, 1.82) is 0 Å². The van der Waals surface area contributed by atoms with E-state index in [2.05, 4.69) is 27.2 Å². The fraction of sp³-hybridized carbons (Fsp3) is 0.294. The van der Waals surface area contributed by atoms with Crippen LogP contribution in [0.2, 0.25) is 0 Å². The molecule has 0 aliphatic carbocycles. The average molecular weight is 380 g/mol. The van der Waals surface area contributed by atoms with Gasteiger partial charge in [-0.25, -0.2) is 9.97 Å². The molecule has 2 aromatic heterocycles. The zero-order valence-corrected chi connectivity index (χ0v) is 15.2. The largest absolute Gasteiger partial charge is 0.480 e. The number of rotatable bonds is 5. The Bertz CT molecular complexity index is 910. The number of aromatic nitrogens is 3. The number of carboxylic acids is 1. The first-order valence-corrected chi connectivity index (χ1v) is 7.94. The van der Waals surface area contributed by atoms with Gasteiger partial charge in [0, 0.05) is 11.9 Å². The van der Waals surface area contributed by atoms with Crippen molar-refractivity contribution in [3.05, 3.63) is 36.3 Å². The predicted molar refractivity (Wildman–Crippen MR) is 102 cm³/mol. The molecule has 0 fully saturated rings. The average Bonchev–Trinajstić information content (AvgIpc) is 3.03. The molecule has 1 aromatic carbocycles. The monoisotopic (exact) mass is 379 g/mol. The lowest BCUT2D eigenvalue weighted by Gasteiger charge is -2.07. The molecule has 140 valence electrons. The van der Waals surface area contributed by atoms with Gasteiger partial charge in [0.2, 0.25) is 0 Å². The van der Waals surface area contributed by atoms with E-state index in [0.717, 1.165) is 35.8 Å². The number of amides is 1. The molecule has 0 spiro atoms. The number of hydrogen-bond acceptors (Lipinski definition) is 5. The standard InChI is InChI=1S/C15H16N4O.C2H5NO2.ClH/c1-2-3-8-19-9-17-12-13(15(16)20)18-11-7-5-4-6-10(11)14(12)19;3-1-2(4)5;/h4-7,9H,2-3,8H2,1H3,(H2,16,20);1,3H2,(H,4,5);1H. The number of halogens is 1. The third-order valence-electron chi connectivity index (χ3n) is 3.61. The maximum atomic E-state index is 11.6. The molecule has 3 aromatic rings. The summed E-state index contributed by atoms with van der Waals surface area (Å²) >= 11 is 0. The molecule has 0 unspecified atom stereocenters. The number of nitrogens with two attached hydrogens (primary N) is 2. The minimum absolute atomic E-state index is 0. The minimum atomic E-state index is -0.968. The van der Waals surface area contributed by atoms with Crippen molar-refractivity contribution in [2.45, 2.75) is 26.3 Å². The van der Waals surface area contributed by atoms with Crippen LogP contribution in [0, 0.1) is 0 Å². The Morgan fingerprint density at radius 3 is 2.50 bits per heavy atom. The highest BCUT2D eigenvalue weighted by Gasteiger charge is 2.16. The number of carboxylic acid groups (broad SMARTS) is 1. The van der Waals surface area contributed by atoms with E-state index in [1.165, 1.54) is 0 Å². The number of primary amides is 1. The molecule has 0 aliphatic heterocycles. The van der Waals surface area contributed by atoms with E-state index in [0.29, 0.717) is 5.52 Å². The number of aliphatic carboxylic acids is 1. The van der Waals surface area contributed by atoms with Crippen molar-refractivity contribution in [2.75, 3.05) is 6.54 Å². The summed E-state index contributed by atoms with van der Waals surface area (Å²) in [5.74, 6) is -1.51. The van der Waals surface area contributed by atoms with Gasteiger partial charge >= 0.3 is 5.97 Å². The maximum Gasteiger partial charge on any atom is 0.317 e. The van der Waals surface area contributed by atoms with Crippen molar-refractivity contribution in [3.63, 3.8) is 0 Å². The Morgan fingerprint density at radius 1 is 1.27 bits per heavy atom. The van der Waals surface area contributed by atoms with Crippen LogP contribution in [0.3, 0.4) is 0 Å². The predicted octanol–water partition coefficient (Wildman–Crippen LogP) is 1.94. The van der Waals surface area contributed by atoms with E-state index in [9.17, 15) is 9.59 Å². The number of unbranched alkanes of at least 4 members (excludes halogenated alkanes) is 1. The second kappa shape index (κ2) is 9.69. The molecule has 5 N–H and O–H groups in total. The Hall–Kier alpha value is -2.71. The Labute approximate surface area is 156 Å². The van der Waals surface area contributed by atoms with E-state index < -0.39 is 11.9 Å². The molecule has 0 atom stereocenters. The lowest BCUT2D eigenvalue weighted by atomic mass is 10.1. The Kier molecular flexibility index (Phi) is 7.95. The van der Waals surface area contributed by atoms with Crippen molar-refractivity contribution < 1.29 is 14.7 Å². The molecule has 3 rings (SSSR count). The van der Waals surface area contributed by atoms with Crippen molar-refractivity contribution in [3.8, 4) is 0 Å². The van der Waals surface area contributed by atoms with E-state index in [4.69, 9.17) is 10.8 Å². The van der Waals surface area contributed by atoms with Gasteiger partial charge in [-0.05, 0) is 12.5 Å². The molecule has 0 bridgehead atoms. The van der Waals surface area contributed by atoms with Crippen LogP contribution in [0.4, 0.5) is 0 Å². The first-order valence-electron chi connectivity index (χ1n) is 7.94. The van der Waals surface area contributed by atoms with Gasteiger partial charge in [-0.2, -0.15) is 0 Å². The topological polar surface area (TPSA) is 137 Å². The molecule has 0 saturated carbocycles. The Balaban J connectivity index is 0.000000501. The number of aryl methyl sites for hydroxylation is 1.